The van der Waals surface area contributed by atoms with Crippen LogP contribution in [0.2, 0.25) is 0 Å². The van der Waals surface area contributed by atoms with Crippen LogP contribution in [0.15, 0.2) is 24.3 Å². The van der Waals surface area contributed by atoms with Gasteiger partial charge in [0.15, 0.2) is 0 Å². The van der Waals surface area contributed by atoms with Crippen molar-refractivity contribution in [2.75, 3.05) is 0 Å². The molecule has 0 saturated carbocycles. The van der Waals surface area contributed by atoms with Crippen LogP contribution in [0.4, 0.5) is 0 Å². The minimum atomic E-state index is 0.525. The van der Waals surface area contributed by atoms with Gasteiger partial charge in [0.2, 0.25) is 0 Å². The van der Waals surface area contributed by atoms with E-state index in [2.05, 4.69) is 49.2 Å². The summed E-state index contributed by atoms with van der Waals surface area (Å²) in [6.07, 6.45) is 0. The van der Waals surface area contributed by atoms with E-state index in [0.717, 1.165) is 17.1 Å². The number of hydrogen-bond acceptors (Lipinski definition) is 2. The van der Waals surface area contributed by atoms with Gasteiger partial charge in [-0.3, -0.25) is 0 Å². The lowest BCUT2D eigenvalue weighted by Crippen LogP contribution is -1.96. The van der Waals surface area contributed by atoms with Crippen molar-refractivity contribution >= 4 is 0 Å². The van der Waals surface area contributed by atoms with Gasteiger partial charge in [-0.15, -0.1) is 0 Å². The highest BCUT2D eigenvalue weighted by atomic mass is 15.1. The van der Waals surface area contributed by atoms with E-state index >= 15 is 0 Å². The van der Waals surface area contributed by atoms with E-state index < -0.39 is 0 Å². The first-order valence-corrected chi connectivity index (χ1v) is 6.08. The molecule has 0 aliphatic rings. The van der Waals surface area contributed by atoms with Crippen LogP contribution in [0.1, 0.15) is 36.7 Å². The molecule has 1 aromatic heterocycles. The number of aryl methyl sites for hydroxylation is 1. The van der Waals surface area contributed by atoms with Crippen molar-refractivity contribution in [2.45, 2.75) is 26.7 Å². The topological polar surface area (TPSA) is 41.6 Å². The lowest BCUT2D eigenvalue weighted by atomic mass is 10.0. The number of rotatable bonds is 2. The standard InChI is InChI=1S/C15H17N3/c1-10(2)12-5-7-13(8-6-12)15-17-11(3)14(9-16)18(15)4/h5-8,10H,1-4H3. The molecular weight excluding hydrogens is 222 g/mol. The summed E-state index contributed by atoms with van der Waals surface area (Å²) in [6, 6.07) is 10.6. The molecule has 0 unspecified atom stereocenters. The Morgan fingerprint density at radius 1 is 1.22 bits per heavy atom. The predicted molar refractivity (Wildman–Crippen MR) is 72.2 cm³/mol. The van der Waals surface area contributed by atoms with Crippen molar-refractivity contribution in [3.05, 3.63) is 41.2 Å². The minimum absolute atomic E-state index is 0.525. The molecule has 92 valence electrons. The van der Waals surface area contributed by atoms with Gasteiger partial charge < -0.3 is 4.57 Å². The lowest BCUT2D eigenvalue weighted by molar-refractivity contribution is 0.865. The van der Waals surface area contributed by atoms with Crippen molar-refractivity contribution in [1.29, 1.82) is 5.26 Å². The molecule has 18 heavy (non-hydrogen) atoms. The fourth-order valence-electron chi connectivity index (χ4n) is 2.07. The Morgan fingerprint density at radius 2 is 1.83 bits per heavy atom. The molecule has 3 heteroatoms. The molecule has 3 nitrogen and oxygen atoms in total. The maximum Gasteiger partial charge on any atom is 0.143 e. The summed E-state index contributed by atoms with van der Waals surface area (Å²) in [5, 5.41) is 9.07. The summed E-state index contributed by atoms with van der Waals surface area (Å²) in [6.45, 7) is 6.21. The van der Waals surface area contributed by atoms with Gasteiger partial charge in [-0.05, 0) is 18.4 Å². The first-order chi connectivity index (χ1) is 8.54. The van der Waals surface area contributed by atoms with E-state index in [1.54, 1.807) is 0 Å². The van der Waals surface area contributed by atoms with Gasteiger partial charge in [-0.25, -0.2) is 4.98 Å². The number of imidazole rings is 1. The van der Waals surface area contributed by atoms with E-state index in [0.29, 0.717) is 11.6 Å². The normalized spacial score (nSPS) is 10.7. The summed E-state index contributed by atoms with van der Waals surface area (Å²) < 4.78 is 1.85. The highest BCUT2D eigenvalue weighted by Crippen LogP contribution is 2.23. The molecule has 0 radical (unpaired) electrons. The first kappa shape index (κ1) is 12.4. The van der Waals surface area contributed by atoms with Gasteiger partial charge in [-0.1, -0.05) is 38.1 Å². The van der Waals surface area contributed by atoms with E-state index in [-0.39, 0.29) is 0 Å². The van der Waals surface area contributed by atoms with Crippen LogP contribution in [-0.4, -0.2) is 9.55 Å². The molecule has 1 aromatic carbocycles. The fraction of sp³-hybridized carbons (Fsp3) is 0.333. The zero-order chi connectivity index (χ0) is 13.3. The molecule has 0 amide bonds. The Hall–Kier alpha value is -2.08. The number of aromatic nitrogens is 2. The maximum absolute atomic E-state index is 9.07. The Morgan fingerprint density at radius 3 is 2.28 bits per heavy atom. The zero-order valence-corrected chi connectivity index (χ0v) is 11.2. The van der Waals surface area contributed by atoms with Crippen LogP contribution < -0.4 is 0 Å². The van der Waals surface area contributed by atoms with Crippen LogP contribution in [0.3, 0.4) is 0 Å². The molecule has 0 aliphatic carbocycles. The SMILES string of the molecule is Cc1nc(-c2ccc(C(C)C)cc2)n(C)c1C#N. The highest BCUT2D eigenvalue weighted by molar-refractivity contribution is 5.58. The van der Waals surface area contributed by atoms with Gasteiger partial charge in [0.25, 0.3) is 0 Å². The number of nitriles is 1. The van der Waals surface area contributed by atoms with Crippen LogP contribution >= 0.6 is 0 Å². The van der Waals surface area contributed by atoms with Crippen molar-refractivity contribution in [3.8, 4) is 17.5 Å². The van der Waals surface area contributed by atoms with Gasteiger partial charge in [-0.2, -0.15) is 5.26 Å². The molecule has 0 N–H and O–H groups in total. The maximum atomic E-state index is 9.07. The second-order valence-electron chi connectivity index (χ2n) is 4.82. The number of hydrogen-bond donors (Lipinski definition) is 0. The van der Waals surface area contributed by atoms with Crippen molar-refractivity contribution in [1.82, 2.24) is 9.55 Å². The molecule has 0 spiro atoms. The van der Waals surface area contributed by atoms with Crippen LogP contribution in [0, 0.1) is 18.3 Å². The average Bonchev–Trinajstić information content (AvgIpc) is 2.64. The average molecular weight is 239 g/mol. The quantitative estimate of drug-likeness (QED) is 0.806. The third-order valence-corrected chi connectivity index (χ3v) is 3.21. The van der Waals surface area contributed by atoms with Gasteiger partial charge >= 0.3 is 0 Å². The Labute approximate surface area is 108 Å². The van der Waals surface area contributed by atoms with Crippen LogP contribution in [0.25, 0.3) is 11.4 Å². The zero-order valence-electron chi connectivity index (χ0n) is 11.2. The third-order valence-electron chi connectivity index (χ3n) is 3.21. The smallest absolute Gasteiger partial charge is 0.143 e. The lowest BCUT2D eigenvalue weighted by Gasteiger charge is -2.07. The van der Waals surface area contributed by atoms with Crippen molar-refractivity contribution in [3.63, 3.8) is 0 Å². The van der Waals surface area contributed by atoms with E-state index in [1.165, 1.54) is 5.56 Å². The molecule has 1 heterocycles. The molecule has 0 bridgehead atoms. The molecule has 2 aromatic rings. The van der Waals surface area contributed by atoms with Gasteiger partial charge in [0.1, 0.15) is 17.6 Å². The molecule has 0 atom stereocenters. The summed E-state index contributed by atoms with van der Waals surface area (Å²) >= 11 is 0. The second-order valence-corrected chi connectivity index (χ2v) is 4.82. The van der Waals surface area contributed by atoms with Crippen LogP contribution in [0.5, 0.6) is 0 Å². The Kier molecular flexibility index (Phi) is 3.20. The summed E-state index contributed by atoms with van der Waals surface area (Å²) in [5.74, 6) is 1.37. The summed E-state index contributed by atoms with van der Waals surface area (Å²) in [5.41, 5.74) is 3.76. The van der Waals surface area contributed by atoms with Gasteiger partial charge in [0, 0.05) is 12.6 Å². The number of nitrogens with zero attached hydrogens (tertiary/aromatic N) is 3. The summed E-state index contributed by atoms with van der Waals surface area (Å²) in [7, 11) is 1.88. The van der Waals surface area contributed by atoms with E-state index in [9.17, 15) is 0 Å². The summed E-state index contributed by atoms with van der Waals surface area (Å²) in [4.78, 5) is 4.47. The molecule has 0 fully saturated rings. The second kappa shape index (κ2) is 4.66. The molecule has 0 saturated heterocycles. The minimum Gasteiger partial charge on any atom is -0.319 e. The largest absolute Gasteiger partial charge is 0.319 e. The fourth-order valence-corrected chi connectivity index (χ4v) is 2.07. The number of benzene rings is 1. The highest BCUT2D eigenvalue weighted by Gasteiger charge is 2.12. The monoisotopic (exact) mass is 239 g/mol. The Balaban J connectivity index is 2.47. The van der Waals surface area contributed by atoms with Crippen molar-refractivity contribution in [2.24, 2.45) is 7.05 Å². The Bertz CT molecular complexity index is 598. The van der Waals surface area contributed by atoms with E-state index in [1.807, 2.05) is 18.5 Å². The van der Waals surface area contributed by atoms with Crippen LogP contribution in [-0.2, 0) is 7.05 Å². The van der Waals surface area contributed by atoms with Crippen molar-refractivity contribution < 1.29 is 0 Å². The van der Waals surface area contributed by atoms with Gasteiger partial charge in [0.05, 0.1) is 5.69 Å². The predicted octanol–water partition coefficient (Wildman–Crippen LogP) is 3.39. The molecule has 2 rings (SSSR count). The first-order valence-electron chi connectivity index (χ1n) is 6.08. The molecule has 0 aliphatic heterocycles. The third kappa shape index (κ3) is 2.02. The van der Waals surface area contributed by atoms with E-state index in [4.69, 9.17) is 5.26 Å². The molecular formula is C15H17N3.